The molecule has 0 bridgehead atoms. The molecular formula is C8H2Br2N2. The highest BCUT2D eigenvalue weighted by molar-refractivity contribution is 9.11. The van der Waals surface area contributed by atoms with Gasteiger partial charge in [-0.2, -0.15) is 10.5 Å². The van der Waals surface area contributed by atoms with Gasteiger partial charge in [-0.3, -0.25) is 0 Å². The van der Waals surface area contributed by atoms with Crippen LogP contribution in [0, 0.1) is 22.7 Å². The lowest BCUT2D eigenvalue weighted by Gasteiger charge is -1.97. The molecule has 0 unspecified atom stereocenters. The minimum Gasteiger partial charge on any atom is -0.192 e. The molecule has 0 N–H and O–H groups in total. The molecule has 0 amide bonds. The normalized spacial score (nSPS) is 8.67. The largest absolute Gasteiger partial charge is 0.192 e. The van der Waals surface area contributed by atoms with Crippen LogP contribution in [0.3, 0.4) is 0 Å². The lowest BCUT2D eigenvalue weighted by Crippen LogP contribution is -1.82. The predicted octanol–water partition coefficient (Wildman–Crippen LogP) is 2.95. The fraction of sp³-hybridized carbons (Fsp3) is 0. The zero-order valence-electron chi connectivity index (χ0n) is 5.81. The molecule has 0 fully saturated rings. The minimum atomic E-state index is 0.467. The van der Waals surface area contributed by atoms with E-state index in [4.69, 9.17) is 10.5 Å². The minimum absolute atomic E-state index is 0.467. The molecule has 0 atom stereocenters. The molecule has 12 heavy (non-hydrogen) atoms. The van der Waals surface area contributed by atoms with Gasteiger partial charge in [-0.1, -0.05) is 0 Å². The molecule has 0 aromatic heterocycles. The van der Waals surface area contributed by atoms with E-state index >= 15 is 0 Å². The molecule has 1 aromatic carbocycles. The molecule has 0 saturated carbocycles. The number of nitrogens with zero attached hydrogens (tertiary/aromatic N) is 2. The van der Waals surface area contributed by atoms with Crippen molar-refractivity contribution in [2.45, 2.75) is 0 Å². The molecule has 0 spiro atoms. The summed E-state index contributed by atoms with van der Waals surface area (Å²) in [5.74, 6) is 0. The number of hydrogen-bond donors (Lipinski definition) is 0. The van der Waals surface area contributed by atoms with Crippen LogP contribution >= 0.6 is 31.9 Å². The topological polar surface area (TPSA) is 47.6 Å². The van der Waals surface area contributed by atoms with E-state index in [2.05, 4.69) is 31.9 Å². The first-order chi connectivity index (χ1) is 5.69. The molecule has 0 aliphatic carbocycles. The first-order valence-electron chi connectivity index (χ1n) is 2.98. The molecule has 0 aliphatic heterocycles. The van der Waals surface area contributed by atoms with E-state index < -0.39 is 0 Å². The number of rotatable bonds is 0. The Kier molecular flexibility index (Phi) is 2.86. The molecule has 58 valence electrons. The summed E-state index contributed by atoms with van der Waals surface area (Å²) in [7, 11) is 0. The van der Waals surface area contributed by atoms with E-state index in [1.165, 1.54) is 6.07 Å². The van der Waals surface area contributed by atoms with Crippen molar-refractivity contribution in [3.8, 4) is 12.1 Å². The Labute approximate surface area is 86.7 Å². The van der Waals surface area contributed by atoms with Gasteiger partial charge in [0.15, 0.2) is 0 Å². The summed E-state index contributed by atoms with van der Waals surface area (Å²) in [6.07, 6.45) is 0. The summed E-state index contributed by atoms with van der Waals surface area (Å²) < 4.78 is 1.38. The molecule has 4 heteroatoms. The van der Waals surface area contributed by atoms with Crippen molar-refractivity contribution in [1.82, 2.24) is 0 Å². The predicted molar refractivity (Wildman–Crippen MR) is 51.3 cm³/mol. The molecule has 0 saturated heterocycles. The summed E-state index contributed by atoms with van der Waals surface area (Å²) in [6.45, 7) is 0. The van der Waals surface area contributed by atoms with Gasteiger partial charge in [0, 0.05) is 8.95 Å². The molecule has 1 aromatic rings. The molecule has 1 rings (SSSR count). The van der Waals surface area contributed by atoms with Crippen LogP contribution in [0.15, 0.2) is 21.1 Å². The van der Waals surface area contributed by atoms with Crippen LogP contribution in [-0.4, -0.2) is 0 Å². The second-order valence-corrected chi connectivity index (χ2v) is 3.74. The zero-order chi connectivity index (χ0) is 9.14. The highest BCUT2D eigenvalue weighted by Crippen LogP contribution is 2.24. The average molecular weight is 286 g/mol. The van der Waals surface area contributed by atoms with Crippen molar-refractivity contribution >= 4 is 31.9 Å². The molecular weight excluding hydrogens is 284 g/mol. The molecule has 0 aliphatic rings. The average Bonchev–Trinajstić information content (AvgIpc) is 2.05. The number of hydrogen-bond acceptors (Lipinski definition) is 2. The van der Waals surface area contributed by atoms with Gasteiger partial charge in [0.05, 0.1) is 11.1 Å². The maximum Gasteiger partial charge on any atom is 0.100 e. The van der Waals surface area contributed by atoms with Gasteiger partial charge < -0.3 is 0 Å². The van der Waals surface area contributed by atoms with Crippen molar-refractivity contribution in [2.75, 3.05) is 0 Å². The van der Waals surface area contributed by atoms with E-state index in [-0.39, 0.29) is 0 Å². The maximum absolute atomic E-state index is 8.62. The van der Waals surface area contributed by atoms with E-state index in [0.29, 0.717) is 20.1 Å². The van der Waals surface area contributed by atoms with E-state index in [1.54, 1.807) is 6.07 Å². The fourth-order valence-electron chi connectivity index (χ4n) is 0.720. The second kappa shape index (κ2) is 3.71. The number of halogens is 2. The Morgan fingerprint density at radius 2 is 1.33 bits per heavy atom. The van der Waals surface area contributed by atoms with Gasteiger partial charge >= 0.3 is 0 Å². The van der Waals surface area contributed by atoms with Crippen LogP contribution in [0.2, 0.25) is 0 Å². The van der Waals surface area contributed by atoms with Crippen LogP contribution in [0.5, 0.6) is 0 Å². The first kappa shape index (κ1) is 9.25. The summed E-state index contributed by atoms with van der Waals surface area (Å²) >= 11 is 6.42. The molecule has 0 radical (unpaired) electrons. The van der Waals surface area contributed by atoms with Crippen molar-refractivity contribution in [3.63, 3.8) is 0 Å². The van der Waals surface area contributed by atoms with E-state index in [9.17, 15) is 0 Å². The monoisotopic (exact) mass is 284 g/mol. The Bertz CT molecular complexity index is 363. The smallest absolute Gasteiger partial charge is 0.100 e. The quantitative estimate of drug-likeness (QED) is 0.736. The third-order valence-corrected chi connectivity index (χ3v) is 2.61. The summed E-state index contributed by atoms with van der Waals surface area (Å²) in [5, 5.41) is 17.2. The van der Waals surface area contributed by atoms with Crippen molar-refractivity contribution in [3.05, 3.63) is 32.2 Å². The van der Waals surface area contributed by atoms with Gasteiger partial charge in [0.1, 0.15) is 12.1 Å². The molecule has 2 nitrogen and oxygen atoms in total. The lowest BCUT2D eigenvalue weighted by molar-refractivity contribution is 1.41. The summed E-state index contributed by atoms with van der Waals surface area (Å²) in [5.41, 5.74) is 0.935. The lowest BCUT2D eigenvalue weighted by atomic mass is 10.1. The first-order valence-corrected chi connectivity index (χ1v) is 4.57. The Morgan fingerprint density at radius 3 is 1.67 bits per heavy atom. The number of nitriles is 2. The van der Waals surface area contributed by atoms with Crippen molar-refractivity contribution < 1.29 is 0 Å². The zero-order valence-corrected chi connectivity index (χ0v) is 8.98. The number of benzene rings is 1. The highest BCUT2D eigenvalue weighted by atomic mass is 79.9. The van der Waals surface area contributed by atoms with E-state index in [1.807, 2.05) is 12.1 Å². The van der Waals surface area contributed by atoms with Crippen LogP contribution in [0.25, 0.3) is 0 Å². The Balaban J connectivity index is 3.42. The van der Waals surface area contributed by atoms with Crippen LogP contribution in [-0.2, 0) is 0 Å². The van der Waals surface area contributed by atoms with Crippen molar-refractivity contribution in [2.24, 2.45) is 0 Å². The third kappa shape index (κ3) is 1.66. The van der Waals surface area contributed by atoms with Gasteiger partial charge in [-0.15, -0.1) is 0 Å². The van der Waals surface area contributed by atoms with Gasteiger partial charge in [-0.25, -0.2) is 0 Å². The standard InChI is InChI=1S/C8H2Br2N2/c9-7-2-8(10)6(4-12)1-5(7)3-11/h1-2H. The van der Waals surface area contributed by atoms with Crippen LogP contribution < -0.4 is 0 Å². The Morgan fingerprint density at radius 1 is 0.917 bits per heavy atom. The summed E-state index contributed by atoms with van der Waals surface area (Å²) in [4.78, 5) is 0. The van der Waals surface area contributed by atoms with Crippen LogP contribution in [0.1, 0.15) is 11.1 Å². The van der Waals surface area contributed by atoms with Gasteiger partial charge in [-0.05, 0) is 44.0 Å². The van der Waals surface area contributed by atoms with Gasteiger partial charge in [0.2, 0.25) is 0 Å². The SMILES string of the molecule is N#Cc1cc(C#N)c(Br)cc1Br. The maximum atomic E-state index is 8.62. The van der Waals surface area contributed by atoms with Gasteiger partial charge in [0.25, 0.3) is 0 Å². The van der Waals surface area contributed by atoms with Crippen molar-refractivity contribution in [1.29, 1.82) is 10.5 Å². The molecule has 0 heterocycles. The van der Waals surface area contributed by atoms with Crippen LogP contribution in [0.4, 0.5) is 0 Å². The fourth-order valence-corrected chi connectivity index (χ4v) is 1.89. The second-order valence-electron chi connectivity index (χ2n) is 2.04. The van der Waals surface area contributed by atoms with E-state index in [0.717, 1.165) is 0 Å². The highest BCUT2D eigenvalue weighted by Gasteiger charge is 2.04. The third-order valence-electron chi connectivity index (χ3n) is 1.30. The Hall–Kier alpha value is -0.840. The summed E-state index contributed by atoms with van der Waals surface area (Å²) in [6, 6.07) is 7.18.